The Morgan fingerprint density at radius 1 is 0.960 bits per heavy atom. The monoisotopic (exact) mass is 685 g/mol. The molecular formula is C36H39N5O9. The molecule has 0 saturated carbocycles. The van der Waals surface area contributed by atoms with Gasteiger partial charge in [0.05, 0.1) is 18.7 Å². The molecule has 4 N–H and O–H groups in total. The molecule has 50 heavy (non-hydrogen) atoms. The third kappa shape index (κ3) is 10.5. The van der Waals surface area contributed by atoms with Crippen molar-refractivity contribution < 1.29 is 43.5 Å². The van der Waals surface area contributed by atoms with Gasteiger partial charge in [-0.15, -0.1) is 6.42 Å². The number of nitrogens with one attached hydrogen (secondary N) is 2. The molecule has 14 heteroatoms. The van der Waals surface area contributed by atoms with Gasteiger partial charge in [0.25, 0.3) is 0 Å². The predicted octanol–water partition coefficient (Wildman–Crippen LogP) is 4.83. The highest BCUT2D eigenvalue weighted by Crippen LogP contribution is 2.38. The molecule has 2 amide bonds. The van der Waals surface area contributed by atoms with Gasteiger partial charge in [-0.3, -0.25) is 4.79 Å². The fourth-order valence-corrected chi connectivity index (χ4v) is 4.86. The number of terminal acetylenes is 1. The van der Waals surface area contributed by atoms with Gasteiger partial charge in [-0.1, -0.05) is 24.1 Å². The Balaban J connectivity index is 1.65. The van der Waals surface area contributed by atoms with E-state index < -0.39 is 30.4 Å². The molecule has 4 rings (SSSR count). The average Bonchev–Trinajstić information content (AvgIpc) is 3.11. The lowest BCUT2D eigenvalue weighted by molar-refractivity contribution is -0.140. The number of carbonyl (C=O) groups is 3. The highest BCUT2D eigenvalue weighted by atomic mass is 16.5. The zero-order chi connectivity index (χ0) is 35.9. The molecule has 0 fully saturated rings. The van der Waals surface area contributed by atoms with Crippen molar-refractivity contribution in [2.75, 3.05) is 50.4 Å². The highest BCUT2D eigenvalue weighted by Gasteiger charge is 2.22. The van der Waals surface area contributed by atoms with Gasteiger partial charge in [-0.05, 0) is 55.3 Å². The van der Waals surface area contributed by atoms with Gasteiger partial charge in [0.15, 0.2) is 11.5 Å². The van der Waals surface area contributed by atoms with Crippen molar-refractivity contribution >= 4 is 46.1 Å². The standard InChI is InChI=1S/C36H39N5O9/c1-4-24-7-6-8-27(19-24)41(22-25-9-11-26(12-10-25)39-36(46)40-29(35(44)45)13-14-33(42)43)34-28-20-31(50-18-16-48-5-2)32(49-17-15-47-3)21-30(28)37-23-38-34/h1,6-12,19-21,23,29H,5,13-18,22H2,2-3H3,(H,42,43)(H,44,45)(H2,39,40,46)/t29-/m0/s1. The lowest BCUT2D eigenvalue weighted by Crippen LogP contribution is -2.43. The Morgan fingerprint density at radius 3 is 2.38 bits per heavy atom. The Hall–Kier alpha value is -5.91. The van der Waals surface area contributed by atoms with Crippen LogP contribution in [0.1, 0.15) is 30.9 Å². The van der Waals surface area contributed by atoms with Crippen LogP contribution >= 0.6 is 0 Å². The summed E-state index contributed by atoms with van der Waals surface area (Å²) < 4.78 is 22.7. The maximum Gasteiger partial charge on any atom is 0.326 e. The number of urea groups is 1. The average molecular weight is 686 g/mol. The number of anilines is 3. The number of carbonyl (C=O) groups excluding carboxylic acids is 1. The van der Waals surface area contributed by atoms with Crippen molar-refractivity contribution in [3.05, 3.63) is 78.1 Å². The zero-order valence-corrected chi connectivity index (χ0v) is 27.8. The molecule has 0 aliphatic carbocycles. The summed E-state index contributed by atoms with van der Waals surface area (Å²) in [6.45, 7) is 4.19. The van der Waals surface area contributed by atoms with E-state index in [2.05, 4.69) is 26.5 Å². The van der Waals surface area contributed by atoms with Crippen LogP contribution in [0.4, 0.5) is 22.0 Å². The summed E-state index contributed by atoms with van der Waals surface area (Å²) in [6, 6.07) is 15.9. The number of aromatic nitrogens is 2. The first-order valence-electron chi connectivity index (χ1n) is 15.8. The van der Waals surface area contributed by atoms with Gasteiger partial charge < -0.3 is 44.7 Å². The SMILES string of the molecule is C#Cc1cccc(N(Cc2ccc(NC(=O)N[C@@H](CCC(=O)O)C(=O)O)cc2)c2ncnc3cc(OCCOC)c(OCCOCC)cc23)c1. The van der Waals surface area contributed by atoms with E-state index in [9.17, 15) is 19.5 Å². The Morgan fingerprint density at radius 2 is 1.70 bits per heavy atom. The number of rotatable bonds is 19. The van der Waals surface area contributed by atoms with Crippen LogP contribution in [0.5, 0.6) is 11.5 Å². The number of benzene rings is 3. The van der Waals surface area contributed by atoms with E-state index in [-0.39, 0.29) is 6.42 Å². The molecule has 3 aromatic carbocycles. The first kappa shape index (κ1) is 36.9. The first-order chi connectivity index (χ1) is 24.2. The van der Waals surface area contributed by atoms with E-state index >= 15 is 0 Å². The lowest BCUT2D eigenvalue weighted by Gasteiger charge is -2.26. The zero-order valence-electron chi connectivity index (χ0n) is 27.8. The fraction of sp³-hybridized carbons (Fsp3) is 0.306. The number of aliphatic carboxylic acids is 2. The highest BCUT2D eigenvalue weighted by molar-refractivity contribution is 5.94. The Bertz CT molecular complexity index is 1810. The van der Waals surface area contributed by atoms with Gasteiger partial charge >= 0.3 is 18.0 Å². The van der Waals surface area contributed by atoms with Crippen LogP contribution in [0.2, 0.25) is 0 Å². The summed E-state index contributed by atoms with van der Waals surface area (Å²) in [5.74, 6) is 1.75. The molecule has 0 aliphatic rings. The van der Waals surface area contributed by atoms with Crippen molar-refractivity contribution in [1.82, 2.24) is 15.3 Å². The molecule has 1 heterocycles. The summed E-state index contributed by atoms with van der Waals surface area (Å²) in [5, 5.41) is 23.8. The maximum absolute atomic E-state index is 12.5. The normalized spacial score (nSPS) is 11.3. The first-order valence-corrected chi connectivity index (χ1v) is 15.8. The van der Waals surface area contributed by atoms with Crippen molar-refractivity contribution in [2.45, 2.75) is 32.4 Å². The van der Waals surface area contributed by atoms with E-state index in [0.29, 0.717) is 79.0 Å². The molecule has 14 nitrogen and oxygen atoms in total. The van der Waals surface area contributed by atoms with E-state index in [1.807, 2.05) is 42.2 Å². The quantitative estimate of drug-likeness (QED) is 0.0781. The molecule has 0 saturated heterocycles. The number of carboxylic acids is 2. The number of amides is 2. The van der Waals surface area contributed by atoms with Crippen LogP contribution in [-0.4, -0.2) is 84.3 Å². The molecule has 0 bridgehead atoms. The second kappa shape index (κ2) is 18.6. The molecular weight excluding hydrogens is 646 g/mol. The summed E-state index contributed by atoms with van der Waals surface area (Å²) >= 11 is 0. The molecule has 4 aromatic rings. The number of fused-ring (bicyclic) bond motifs is 1. The molecule has 1 aromatic heterocycles. The number of ether oxygens (including phenoxy) is 4. The number of nitrogens with zero attached hydrogens (tertiary/aromatic N) is 3. The van der Waals surface area contributed by atoms with Crippen molar-refractivity contribution in [2.24, 2.45) is 0 Å². The maximum atomic E-state index is 12.5. The molecule has 262 valence electrons. The third-order valence-electron chi connectivity index (χ3n) is 7.30. The Labute approximate surface area is 289 Å². The van der Waals surface area contributed by atoms with E-state index in [0.717, 1.165) is 11.3 Å². The number of methoxy groups -OCH3 is 1. The smallest absolute Gasteiger partial charge is 0.326 e. The predicted molar refractivity (Wildman–Crippen MR) is 186 cm³/mol. The Kier molecular flexibility index (Phi) is 13.7. The summed E-state index contributed by atoms with van der Waals surface area (Å²) in [7, 11) is 1.59. The van der Waals surface area contributed by atoms with Crippen LogP contribution in [-0.2, 0) is 25.6 Å². The topological polar surface area (TPSA) is 182 Å². The molecule has 0 spiro atoms. The summed E-state index contributed by atoms with van der Waals surface area (Å²) in [6.07, 6.45) is 6.56. The fourth-order valence-electron chi connectivity index (χ4n) is 4.86. The van der Waals surface area contributed by atoms with Gasteiger partial charge in [0.1, 0.15) is 31.4 Å². The minimum atomic E-state index is -1.36. The van der Waals surface area contributed by atoms with E-state index in [1.165, 1.54) is 6.33 Å². The van der Waals surface area contributed by atoms with Crippen molar-refractivity contribution in [3.8, 4) is 23.8 Å². The largest absolute Gasteiger partial charge is 0.487 e. The second-order valence-electron chi connectivity index (χ2n) is 10.8. The van der Waals surface area contributed by atoms with Gasteiger partial charge in [0.2, 0.25) is 0 Å². The molecule has 0 radical (unpaired) electrons. The van der Waals surface area contributed by atoms with Gasteiger partial charge in [-0.25, -0.2) is 19.6 Å². The summed E-state index contributed by atoms with van der Waals surface area (Å²) in [5.41, 5.74) is 3.30. The van der Waals surface area contributed by atoms with E-state index in [4.69, 9.17) is 30.5 Å². The molecule has 0 aliphatic heterocycles. The van der Waals surface area contributed by atoms with Crippen LogP contribution in [0.25, 0.3) is 10.9 Å². The number of hydrogen-bond donors (Lipinski definition) is 4. The third-order valence-corrected chi connectivity index (χ3v) is 7.30. The van der Waals surface area contributed by atoms with Crippen LogP contribution < -0.4 is 25.0 Å². The van der Waals surface area contributed by atoms with E-state index in [1.54, 1.807) is 37.4 Å². The minimum absolute atomic E-state index is 0.255. The van der Waals surface area contributed by atoms with Crippen LogP contribution in [0, 0.1) is 12.3 Å². The van der Waals surface area contributed by atoms with Crippen molar-refractivity contribution in [3.63, 3.8) is 0 Å². The number of hydrogen-bond acceptors (Lipinski definition) is 10. The minimum Gasteiger partial charge on any atom is -0.487 e. The van der Waals surface area contributed by atoms with Gasteiger partial charge in [-0.2, -0.15) is 0 Å². The summed E-state index contributed by atoms with van der Waals surface area (Å²) in [4.78, 5) is 46.0. The van der Waals surface area contributed by atoms with Crippen LogP contribution in [0.3, 0.4) is 0 Å². The van der Waals surface area contributed by atoms with Crippen LogP contribution in [0.15, 0.2) is 67.0 Å². The van der Waals surface area contributed by atoms with Crippen molar-refractivity contribution in [1.29, 1.82) is 0 Å². The second-order valence-corrected chi connectivity index (χ2v) is 10.8. The molecule has 1 atom stereocenters. The molecule has 0 unspecified atom stereocenters. The lowest BCUT2D eigenvalue weighted by atomic mass is 10.1. The van der Waals surface area contributed by atoms with Gasteiger partial charge in [0, 0.05) is 55.1 Å². The number of carboxylic acid groups (broad SMARTS) is 2.